The fraction of sp³-hybridized carbons (Fsp3) is 0.318. The number of nitrogens with zero attached hydrogens (tertiary/aromatic N) is 1. The fourth-order valence-electron chi connectivity index (χ4n) is 3.17. The van der Waals surface area contributed by atoms with E-state index >= 15 is 0 Å². The van der Waals surface area contributed by atoms with E-state index < -0.39 is 5.97 Å². The first-order valence-corrected chi connectivity index (χ1v) is 9.87. The third-order valence-corrected chi connectivity index (χ3v) is 4.87. The third kappa shape index (κ3) is 5.28. The van der Waals surface area contributed by atoms with Gasteiger partial charge in [0.15, 0.2) is 11.5 Å². The van der Waals surface area contributed by atoms with Crippen LogP contribution in [0.5, 0.6) is 11.5 Å². The van der Waals surface area contributed by atoms with E-state index in [1.54, 1.807) is 24.3 Å². The van der Waals surface area contributed by atoms with Crippen LogP contribution in [0.4, 0.5) is 0 Å². The molecule has 2 aromatic carbocycles. The zero-order valence-corrected chi connectivity index (χ0v) is 16.7. The zero-order valence-electron chi connectivity index (χ0n) is 16.7. The van der Waals surface area contributed by atoms with Gasteiger partial charge in [0.1, 0.15) is 11.7 Å². The van der Waals surface area contributed by atoms with E-state index in [4.69, 9.17) is 26.0 Å². The monoisotopic (exact) mass is 410 g/mol. The molecule has 30 heavy (non-hydrogen) atoms. The van der Waals surface area contributed by atoms with Crippen molar-refractivity contribution in [1.82, 2.24) is 4.90 Å². The molecule has 8 heteroatoms. The maximum absolute atomic E-state index is 12.2. The maximum atomic E-state index is 12.2. The summed E-state index contributed by atoms with van der Waals surface area (Å²) in [6.07, 6.45) is 2.66. The summed E-state index contributed by atoms with van der Waals surface area (Å²) in [6, 6.07) is 11.3. The average molecular weight is 410 g/mol. The molecule has 1 heterocycles. The molecule has 0 amide bonds. The molecular weight excluding hydrogens is 384 g/mol. The van der Waals surface area contributed by atoms with Gasteiger partial charge in [-0.3, -0.25) is 10.8 Å². The Kier molecular flexibility index (Phi) is 6.90. The van der Waals surface area contributed by atoms with Crippen molar-refractivity contribution in [3.05, 3.63) is 59.2 Å². The first-order chi connectivity index (χ1) is 14.5. The second kappa shape index (κ2) is 9.78. The number of amidine groups is 2. The average Bonchev–Trinajstić information content (AvgIpc) is 3.29. The van der Waals surface area contributed by atoms with Crippen molar-refractivity contribution >= 4 is 17.6 Å². The van der Waals surface area contributed by atoms with Gasteiger partial charge in [0.25, 0.3) is 0 Å². The second-order valence-corrected chi connectivity index (χ2v) is 7.05. The first kappa shape index (κ1) is 21.2. The van der Waals surface area contributed by atoms with Crippen LogP contribution in [-0.4, -0.2) is 54.0 Å². The van der Waals surface area contributed by atoms with Gasteiger partial charge in [-0.2, -0.15) is 0 Å². The SMILES string of the molecule is N=C(N)c1ccc(O)c(OCCCOC(=O)c2ccc(C(=N)N3CCCC3)cc2)c1. The molecule has 0 radical (unpaired) electrons. The van der Waals surface area contributed by atoms with Crippen LogP contribution in [0.2, 0.25) is 0 Å². The number of hydrogen-bond donors (Lipinski definition) is 4. The van der Waals surface area contributed by atoms with E-state index in [1.165, 1.54) is 18.2 Å². The Labute approximate surface area is 175 Å². The molecule has 3 rings (SSSR count). The topological polar surface area (TPSA) is 133 Å². The van der Waals surface area contributed by atoms with Gasteiger partial charge in [-0.15, -0.1) is 0 Å². The van der Waals surface area contributed by atoms with Crippen molar-refractivity contribution < 1.29 is 19.4 Å². The lowest BCUT2D eigenvalue weighted by atomic mass is 10.1. The van der Waals surface area contributed by atoms with Crippen LogP contribution in [0.15, 0.2) is 42.5 Å². The summed E-state index contributed by atoms with van der Waals surface area (Å²) in [5, 5.41) is 25.5. The number of phenols is 1. The molecule has 1 aliphatic heterocycles. The summed E-state index contributed by atoms with van der Waals surface area (Å²) in [4.78, 5) is 14.2. The highest BCUT2D eigenvalue weighted by molar-refractivity contribution is 5.98. The fourth-order valence-corrected chi connectivity index (χ4v) is 3.17. The van der Waals surface area contributed by atoms with E-state index in [0.29, 0.717) is 23.4 Å². The minimum absolute atomic E-state index is 0.0448. The number of nitrogens with one attached hydrogen (secondary N) is 2. The number of esters is 1. The number of aromatic hydroxyl groups is 1. The van der Waals surface area contributed by atoms with Crippen molar-refractivity contribution in [2.24, 2.45) is 5.73 Å². The predicted octanol–water partition coefficient (Wildman–Crippen LogP) is 2.72. The Morgan fingerprint density at radius 2 is 1.63 bits per heavy atom. The summed E-state index contributed by atoms with van der Waals surface area (Å²) >= 11 is 0. The Morgan fingerprint density at radius 3 is 2.30 bits per heavy atom. The van der Waals surface area contributed by atoms with Crippen LogP contribution in [-0.2, 0) is 4.74 Å². The van der Waals surface area contributed by atoms with E-state index in [-0.39, 0.29) is 30.5 Å². The van der Waals surface area contributed by atoms with Crippen LogP contribution in [0.1, 0.15) is 40.7 Å². The van der Waals surface area contributed by atoms with E-state index in [1.807, 2.05) is 4.90 Å². The van der Waals surface area contributed by atoms with Gasteiger partial charge in [-0.1, -0.05) is 12.1 Å². The van der Waals surface area contributed by atoms with Gasteiger partial charge in [0.2, 0.25) is 0 Å². The minimum Gasteiger partial charge on any atom is -0.504 e. The number of likely N-dealkylation sites (tertiary alicyclic amines) is 1. The summed E-state index contributed by atoms with van der Waals surface area (Å²) < 4.78 is 10.7. The van der Waals surface area contributed by atoms with Crippen LogP contribution in [0.3, 0.4) is 0 Å². The largest absolute Gasteiger partial charge is 0.504 e. The summed E-state index contributed by atoms with van der Waals surface area (Å²) in [7, 11) is 0. The molecule has 158 valence electrons. The van der Waals surface area contributed by atoms with Crippen LogP contribution < -0.4 is 10.5 Å². The van der Waals surface area contributed by atoms with E-state index in [0.717, 1.165) is 31.5 Å². The van der Waals surface area contributed by atoms with Gasteiger partial charge in [-0.25, -0.2) is 4.79 Å². The molecule has 0 atom stereocenters. The number of benzene rings is 2. The Morgan fingerprint density at radius 1 is 1.00 bits per heavy atom. The van der Waals surface area contributed by atoms with Crippen LogP contribution in [0.25, 0.3) is 0 Å². The molecule has 1 fully saturated rings. The first-order valence-electron chi connectivity index (χ1n) is 9.87. The zero-order chi connectivity index (χ0) is 21.5. The van der Waals surface area contributed by atoms with Crippen molar-refractivity contribution in [3.8, 4) is 11.5 Å². The molecule has 1 saturated heterocycles. The maximum Gasteiger partial charge on any atom is 0.338 e. The number of hydrogen-bond acceptors (Lipinski definition) is 6. The predicted molar refractivity (Wildman–Crippen MR) is 114 cm³/mol. The summed E-state index contributed by atoms with van der Waals surface area (Å²) in [5.41, 5.74) is 7.10. The summed E-state index contributed by atoms with van der Waals surface area (Å²) in [6.45, 7) is 2.20. The molecule has 1 aliphatic rings. The van der Waals surface area contributed by atoms with Gasteiger partial charge in [-0.05, 0) is 43.2 Å². The number of carbonyl (C=O) groups is 1. The van der Waals surface area contributed by atoms with E-state index in [2.05, 4.69) is 0 Å². The lowest BCUT2D eigenvalue weighted by Crippen LogP contribution is -2.27. The normalized spacial score (nSPS) is 13.1. The quantitative estimate of drug-likeness (QED) is 0.229. The summed E-state index contributed by atoms with van der Waals surface area (Å²) in [5.74, 6) is 0.120. The van der Waals surface area contributed by atoms with Crippen molar-refractivity contribution in [2.45, 2.75) is 19.3 Å². The second-order valence-electron chi connectivity index (χ2n) is 7.05. The molecule has 5 N–H and O–H groups in total. The standard InChI is InChI=1S/C22H26N4O4/c23-20(24)17-8-9-18(27)19(14-17)29-12-3-13-30-22(28)16-6-4-15(5-7-16)21(25)26-10-1-2-11-26/h4-9,14,25,27H,1-3,10-13H2,(H3,23,24). The minimum atomic E-state index is -0.435. The molecule has 8 nitrogen and oxygen atoms in total. The van der Waals surface area contributed by atoms with Crippen LogP contribution in [0, 0.1) is 10.8 Å². The van der Waals surface area contributed by atoms with Gasteiger partial charge < -0.3 is 25.2 Å². The smallest absolute Gasteiger partial charge is 0.338 e. The Bertz CT molecular complexity index is 921. The Balaban J connectivity index is 1.43. The van der Waals surface area contributed by atoms with Crippen LogP contribution >= 0.6 is 0 Å². The molecule has 0 spiro atoms. The number of nitrogen functional groups attached to an aromatic ring is 1. The highest BCUT2D eigenvalue weighted by atomic mass is 16.5. The number of carbonyl (C=O) groups excluding carboxylic acids is 1. The molecule has 0 unspecified atom stereocenters. The third-order valence-electron chi connectivity index (χ3n) is 4.87. The number of ether oxygens (including phenoxy) is 2. The highest BCUT2D eigenvalue weighted by Crippen LogP contribution is 2.26. The van der Waals surface area contributed by atoms with Gasteiger partial charge in [0.05, 0.1) is 18.8 Å². The van der Waals surface area contributed by atoms with Crippen molar-refractivity contribution in [2.75, 3.05) is 26.3 Å². The number of rotatable bonds is 8. The highest BCUT2D eigenvalue weighted by Gasteiger charge is 2.17. The van der Waals surface area contributed by atoms with Crippen molar-refractivity contribution in [3.63, 3.8) is 0 Å². The molecule has 2 aromatic rings. The molecule has 0 aliphatic carbocycles. The number of phenolic OH excluding ortho intramolecular Hbond substituents is 1. The molecular formula is C22H26N4O4. The lowest BCUT2D eigenvalue weighted by molar-refractivity contribution is 0.0485. The molecule has 0 bridgehead atoms. The molecule has 0 aromatic heterocycles. The Hall–Kier alpha value is -3.55. The van der Waals surface area contributed by atoms with E-state index in [9.17, 15) is 9.90 Å². The lowest BCUT2D eigenvalue weighted by Gasteiger charge is -2.18. The molecule has 0 saturated carbocycles. The van der Waals surface area contributed by atoms with Gasteiger partial charge >= 0.3 is 5.97 Å². The van der Waals surface area contributed by atoms with Gasteiger partial charge in [0, 0.05) is 30.6 Å². The van der Waals surface area contributed by atoms with Crippen molar-refractivity contribution in [1.29, 1.82) is 10.8 Å². The number of nitrogens with two attached hydrogens (primary N) is 1.